The average Bonchev–Trinajstić information content (AvgIpc) is 2.71. The van der Waals surface area contributed by atoms with Crippen LogP contribution in [0.3, 0.4) is 0 Å². The van der Waals surface area contributed by atoms with E-state index < -0.39 is 0 Å². The molecule has 0 aromatic heterocycles. The van der Waals surface area contributed by atoms with Gasteiger partial charge < -0.3 is 37.9 Å². The van der Waals surface area contributed by atoms with Crippen LogP contribution in [0.2, 0.25) is 4.44 Å². The Bertz CT molecular complexity index is 248. The number of unbranched alkanes of at least 4 members (excludes halogenated alkanes) is 9. The van der Waals surface area contributed by atoms with Gasteiger partial charge in [0, 0.05) is 0 Å². The third-order valence-corrected chi connectivity index (χ3v) is 5.08. The summed E-state index contributed by atoms with van der Waals surface area (Å²) in [6.07, 6.45) is 22.9. The van der Waals surface area contributed by atoms with Crippen LogP contribution in [0.15, 0.2) is 34.5 Å². The molecule has 0 aliphatic rings. The predicted octanol–water partition coefficient (Wildman–Crippen LogP) is 8.87. The van der Waals surface area contributed by atoms with Gasteiger partial charge in [0.15, 0.2) is 0 Å². The van der Waals surface area contributed by atoms with Crippen molar-refractivity contribution in [2.75, 3.05) is 0 Å². The standard InChI is InChI=1S/3C6H12S.C6H13.Sn/c3*1-2-3-4-5-6-7;1-3-5-6-4-2;/h3*5-7H,2-4H2,1H3;1,3-6H2,2H3;/q;;;;+3/p-3. The molecule has 0 atom stereocenters. The van der Waals surface area contributed by atoms with Crippen LogP contribution in [-0.4, -0.2) is 22.5 Å². The Morgan fingerprint density at radius 3 is 1.04 bits per heavy atom. The Hall–Kier alpha value is 0.679. The van der Waals surface area contributed by atoms with Crippen molar-refractivity contribution in [3.8, 4) is 0 Å². The SMILES string of the molecule is CCCCC=C[S-].CCCCC=C[S-].CCCCC=C[S-].CCCCC[CH2][Sn+3]. The van der Waals surface area contributed by atoms with E-state index in [4.69, 9.17) is 0 Å². The summed E-state index contributed by atoms with van der Waals surface area (Å²) in [5, 5.41) is 5.07. The second-order valence-electron chi connectivity index (χ2n) is 6.35. The van der Waals surface area contributed by atoms with E-state index in [0.717, 1.165) is 19.3 Å². The molecule has 0 heterocycles. The van der Waals surface area contributed by atoms with Crippen molar-refractivity contribution in [1.29, 1.82) is 0 Å². The fraction of sp³-hybridized carbons (Fsp3) is 0.750. The van der Waals surface area contributed by atoms with E-state index in [2.05, 4.69) is 65.6 Å². The van der Waals surface area contributed by atoms with Crippen molar-refractivity contribution in [2.45, 2.75) is 116 Å². The Morgan fingerprint density at radius 2 is 0.821 bits per heavy atom. The summed E-state index contributed by atoms with van der Waals surface area (Å²) < 4.78 is 1.45. The third-order valence-electron chi connectivity index (χ3n) is 3.49. The van der Waals surface area contributed by atoms with E-state index in [1.807, 2.05) is 18.2 Å². The molecule has 28 heavy (non-hydrogen) atoms. The van der Waals surface area contributed by atoms with Gasteiger partial charge in [-0.2, -0.15) is 0 Å². The molecular weight excluding hydrogens is 503 g/mol. The third kappa shape index (κ3) is 63.2. The molecule has 0 radical (unpaired) electrons. The number of hydrogen-bond donors (Lipinski definition) is 0. The molecule has 0 N–H and O–H groups in total. The summed E-state index contributed by atoms with van der Waals surface area (Å²) >= 11 is 15.5. The van der Waals surface area contributed by atoms with Crippen molar-refractivity contribution >= 4 is 60.4 Å². The molecule has 0 amide bonds. The molecule has 0 aliphatic carbocycles. The van der Waals surface area contributed by atoms with Gasteiger partial charge in [-0.15, -0.1) is 18.2 Å². The number of allylic oxidation sites excluding steroid dienone is 3. The van der Waals surface area contributed by atoms with Gasteiger partial charge in [0.05, 0.1) is 0 Å². The van der Waals surface area contributed by atoms with Gasteiger partial charge in [-0.3, -0.25) is 0 Å². The van der Waals surface area contributed by atoms with E-state index in [9.17, 15) is 0 Å². The molecule has 0 rings (SSSR count). The second kappa shape index (κ2) is 46.1. The van der Waals surface area contributed by atoms with Gasteiger partial charge in [-0.1, -0.05) is 59.3 Å². The topological polar surface area (TPSA) is 0 Å². The fourth-order valence-corrected chi connectivity index (χ4v) is 2.84. The van der Waals surface area contributed by atoms with Gasteiger partial charge in [0.2, 0.25) is 0 Å². The molecule has 0 aromatic carbocycles. The first kappa shape index (κ1) is 36.1. The zero-order valence-electron chi connectivity index (χ0n) is 19.1. The molecule has 0 spiro atoms. The van der Waals surface area contributed by atoms with Crippen molar-refractivity contribution in [3.05, 3.63) is 34.5 Å². The van der Waals surface area contributed by atoms with Gasteiger partial charge in [-0.05, 0) is 19.3 Å². The van der Waals surface area contributed by atoms with Crippen LogP contribution >= 0.6 is 0 Å². The molecule has 0 bridgehead atoms. The Kier molecular flexibility index (Phi) is 59.4. The Balaban J connectivity index is -0.000000137. The maximum absolute atomic E-state index is 4.58. The van der Waals surface area contributed by atoms with Crippen molar-refractivity contribution in [2.24, 2.45) is 0 Å². The predicted molar refractivity (Wildman–Crippen MR) is 143 cm³/mol. The van der Waals surface area contributed by atoms with E-state index in [1.165, 1.54) is 68.6 Å². The van der Waals surface area contributed by atoms with Gasteiger partial charge in [-0.25, -0.2) is 16.2 Å². The first-order valence-corrected chi connectivity index (χ1v) is 14.5. The molecule has 0 saturated carbocycles. The van der Waals surface area contributed by atoms with Crippen molar-refractivity contribution in [1.82, 2.24) is 0 Å². The molecule has 4 heteroatoms. The van der Waals surface area contributed by atoms with Crippen LogP contribution in [0, 0.1) is 0 Å². The zero-order chi connectivity index (χ0) is 22.1. The van der Waals surface area contributed by atoms with Gasteiger partial charge >= 0.3 is 59.6 Å². The molecule has 0 unspecified atom stereocenters. The van der Waals surface area contributed by atoms with E-state index in [-0.39, 0.29) is 0 Å². The Labute approximate surface area is 209 Å². The van der Waals surface area contributed by atoms with Crippen LogP contribution in [0.25, 0.3) is 0 Å². The minimum atomic E-state index is 1.15. The summed E-state index contributed by atoms with van der Waals surface area (Å²) in [6, 6.07) is 0. The molecule has 0 saturated heterocycles. The molecule has 0 fully saturated rings. The van der Waals surface area contributed by atoms with E-state index in [1.54, 1.807) is 38.7 Å². The number of rotatable bonds is 13. The molecular formula is C24H46S3Sn. The summed E-state index contributed by atoms with van der Waals surface area (Å²) in [4.78, 5) is 0. The quantitative estimate of drug-likeness (QED) is 0.128. The summed E-state index contributed by atoms with van der Waals surface area (Å²) in [6.45, 7) is 8.79. The zero-order valence-corrected chi connectivity index (χ0v) is 24.4. The normalized spacial score (nSPS) is 10.2. The van der Waals surface area contributed by atoms with E-state index >= 15 is 0 Å². The summed E-state index contributed by atoms with van der Waals surface area (Å²) in [5.74, 6) is 0. The van der Waals surface area contributed by atoms with Gasteiger partial charge in [0.25, 0.3) is 0 Å². The van der Waals surface area contributed by atoms with Crippen LogP contribution in [0.4, 0.5) is 0 Å². The van der Waals surface area contributed by atoms with Crippen LogP contribution < -0.4 is 0 Å². The number of hydrogen-bond acceptors (Lipinski definition) is 3. The first-order valence-electron chi connectivity index (χ1n) is 11.1. The minimum absolute atomic E-state index is 1.15. The van der Waals surface area contributed by atoms with Crippen molar-refractivity contribution in [3.63, 3.8) is 0 Å². The average molecular weight is 550 g/mol. The molecule has 164 valence electrons. The molecule has 0 aliphatic heterocycles. The van der Waals surface area contributed by atoms with Gasteiger partial charge in [0.1, 0.15) is 0 Å². The maximum atomic E-state index is 4.58. The molecule has 0 nitrogen and oxygen atoms in total. The van der Waals surface area contributed by atoms with Crippen LogP contribution in [-0.2, 0) is 37.9 Å². The molecule has 0 aromatic rings. The Morgan fingerprint density at radius 1 is 0.500 bits per heavy atom. The van der Waals surface area contributed by atoms with Crippen molar-refractivity contribution < 1.29 is 0 Å². The summed E-state index contributed by atoms with van der Waals surface area (Å²) in [7, 11) is 0. The second-order valence-corrected chi connectivity index (χ2v) is 8.60. The first-order chi connectivity index (χ1) is 13.7. The van der Waals surface area contributed by atoms with Crippen LogP contribution in [0.1, 0.15) is 111 Å². The fourth-order valence-electron chi connectivity index (χ4n) is 1.72. The van der Waals surface area contributed by atoms with E-state index in [0.29, 0.717) is 0 Å². The van der Waals surface area contributed by atoms with Crippen LogP contribution in [0.5, 0.6) is 0 Å². The summed E-state index contributed by atoms with van der Waals surface area (Å²) in [5.41, 5.74) is 0. The monoisotopic (exact) mass is 550 g/mol.